The molecule has 1 saturated carbocycles. The average Bonchev–Trinajstić information content (AvgIpc) is 2.61. The van der Waals surface area contributed by atoms with Crippen LogP contribution in [0.15, 0.2) is 24.3 Å². The number of hydrogen-bond acceptors (Lipinski definition) is 4. The van der Waals surface area contributed by atoms with E-state index in [9.17, 15) is 9.59 Å². The van der Waals surface area contributed by atoms with Crippen molar-refractivity contribution in [3.05, 3.63) is 29.8 Å². The van der Waals surface area contributed by atoms with Gasteiger partial charge in [-0.2, -0.15) is 0 Å². The topological polar surface area (TPSA) is 67.4 Å². The van der Waals surface area contributed by atoms with Gasteiger partial charge in [0.25, 0.3) is 5.91 Å². The molecule has 0 heterocycles. The molecule has 2 rings (SSSR count). The van der Waals surface area contributed by atoms with Crippen molar-refractivity contribution in [1.29, 1.82) is 0 Å². The molecule has 1 aromatic carbocycles. The number of carbonyl (C=O) groups excluding carboxylic acids is 2. The van der Waals surface area contributed by atoms with E-state index in [-0.39, 0.29) is 18.6 Å². The maximum absolute atomic E-state index is 12.3. The van der Waals surface area contributed by atoms with Crippen molar-refractivity contribution < 1.29 is 14.3 Å². The monoisotopic (exact) mass is 332 g/mol. The molecule has 0 saturated heterocycles. The standard InChI is InChI=1S/C19H28N2O3/c1-2-3-13-20-17-12-8-7-11-16(17)19(23)24-14-18(22)21-15-9-5-4-6-10-15/h7-8,11-12,15,20H,2-6,9-10,13-14H2,1H3,(H,21,22). The van der Waals surface area contributed by atoms with Crippen molar-refractivity contribution in [3.63, 3.8) is 0 Å². The second-order valence-electron chi connectivity index (χ2n) is 6.30. The van der Waals surface area contributed by atoms with Crippen LogP contribution in [-0.4, -0.2) is 31.1 Å². The highest BCUT2D eigenvalue weighted by molar-refractivity contribution is 5.96. The molecule has 0 unspecified atom stereocenters. The Morgan fingerprint density at radius 1 is 1.17 bits per heavy atom. The average molecular weight is 332 g/mol. The highest BCUT2D eigenvalue weighted by atomic mass is 16.5. The zero-order valence-corrected chi connectivity index (χ0v) is 14.5. The van der Waals surface area contributed by atoms with Gasteiger partial charge in [-0.15, -0.1) is 0 Å². The molecule has 0 atom stereocenters. The molecule has 0 spiro atoms. The minimum Gasteiger partial charge on any atom is -0.452 e. The van der Waals surface area contributed by atoms with Crippen LogP contribution in [0.25, 0.3) is 0 Å². The summed E-state index contributed by atoms with van der Waals surface area (Å²) >= 11 is 0. The van der Waals surface area contributed by atoms with E-state index < -0.39 is 5.97 Å². The fourth-order valence-corrected chi connectivity index (χ4v) is 2.94. The van der Waals surface area contributed by atoms with Crippen LogP contribution in [0.2, 0.25) is 0 Å². The lowest BCUT2D eigenvalue weighted by atomic mass is 9.95. The minimum absolute atomic E-state index is 0.216. The van der Waals surface area contributed by atoms with Crippen molar-refractivity contribution in [1.82, 2.24) is 5.32 Å². The van der Waals surface area contributed by atoms with Crippen LogP contribution in [0, 0.1) is 0 Å². The highest BCUT2D eigenvalue weighted by Crippen LogP contribution is 2.18. The number of ether oxygens (including phenoxy) is 1. The number of esters is 1. The number of rotatable bonds is 8. The van der Waals surface area contributed by atoms with E-state index in [1.807, 2.05) is 12.1 Å². The third-order valence-corrected chi connectivity index (χ3v) is 4.30. The molecule has 24 heavy (non-hydrogen) atoms. The Bertz CT molecular complexity index is 539. The zero-order chi connectivity index (χ0) is 17.2. The van der Waals surface area contributed by atoms with Crippen LogP contribution in [0.1, 0.15) is 62.2 Å². The first-order chi connectivity index (χ1) is 11.7. The molecule has 0 bridgehead atoms. The number of carbonyl (C=O) groups is 2. The van der Waals surface area contributed by atoms with Crippen LogP contribution in [0.5, 0.6) is 0 Å². The largest absolute Gasteiger partial charge is 0.452 e. The second-order valence-corrected chi connectivity index (χ2v) is 6.30. The highest BCUT2D eigenvalue weighted by Gasteiger charge is 2.18. The van der Waals surface area contributed by atoms with E-state index >= 15 is 0 Å². The number of benzene rings is 1. The maximum atomic E-state index is 12.3. The summed E-state index contributed by atoms with van der Waals surface area (Å²) in [5, 5.41) is 6.20. The molecular formula is C19H28N2O3. The van der Waals surface area contributed by atoms with E-state index in [0.717, 1.165) is 50.8 Å². The number of unbranched alkanes of at least 4 members (excludes halogenated alkanes) is 1. The number of hydrogen-bond donors (Lipinski definition) is 2. The predicted octanol–water partition coefficient (Wildman–Crippen LogP) is 3.50. The first-order valence-electron chi connectivity index (χ1n) is 9.00. The molecule has 0 aromatic heterocycles. The van der Waals surface area contributed by atoms with Gasteiger partial charge in [-0.3, -0.25) is 4.79 Å². The van der Waals surface area contributed by atoms with E-state index in [1.54, 1.807) is 12.1 Å². The summed E-state index contributed by atoms with van der Waals surface area (Å²) in [7, 11) is 0. The van der Waals surface area contributed by atoms with Crippen LogP contribution >= 0.6 is 0 Å². The molecule has 1 aliphatic carbocycles. The van der Waals surface area contributed by atoms with Crippen LogP contribution in [-0.2, 0) is 9.53 Å². The SMILES string of the molecule is CCCCNc1ccccc1C(=O)OCC(=O)NC1CCCCC1. The van der Waals surface area contributed by atoms with Gasteiger partial charge in [0.1, 0.15) is 0 Å². The Labute approximate surface area is 144 Å². The summed E-state index contributed by atoms with van der Waals surface area (Å²) in [5.41, 5.74) is 1.22. The molecule has 2 N–H and O–H groups in total. The molecule has 5 nitrogen and oxygen atoms in total. The number of nitrogens with one attached hydrogen (secondary N) is 2. The summed E-state index contributed by atoms with van der Waals surface area (Å²) in [6.45, 7) is 2.70. The lowest BCUT2D eigenvalue weighted by Crippen LogP contribution is -2.38. The number of para-hydroxylation sites is 1. The van der Waals surface area contributed by atoms with Crippen molar-refractivity contribution in [2.75, 3.05) is 18.5 Å². The molecule has 1 aliphatic rings. The predicted molar refractivity (Wildman–Crippen MR) is 95.1 cm³/mol. The molecule has 1 fully saturated rings. The minimum atomic E-state index is -0.464. The molecular weight excluding hydrogens is 304 g/mol. The fourth-order valence-electron chi connectivity index (χ4n) is 2.94. The zero-order valence-electron chi connectivity index (χ0n) is 14.5. The normalized spacial score (nSPS) is 14.9. The first-order valence-corrected chi connectivity index (χ1v) is 9.00. The maximum Gasteiger partial charge on any atom is 0.340 e. The summed E-state index contributed by atoms with van der Waals surface area (Å²) in [4.78, 5) is 24.2. The molecule has 5 heteroatoms. The third kappa shape index (κ3) is 5.87. The quantitative estimate of drug-likeness (QED) is 0.565. The van der Waals surface area contributed by atoms with Crippen LogP contribution < -0.4 is 10.6 Å². The van der Waals surface area contributed by atoms with Gasteiger partial charge in [-0.1, -0.05) is 44.7 Å². The third-order valence-electron chi connectivity index (χ3n) is 4.30. The Kier molecular flexibility index (Phi) is 7.59. The van der Waals surface area contributed by atoms with Gasteiger partial charge in [-0.25, -0.2) is 4.79 Å². The van der Waals surface area contributed by atoms with Crippen molar-refractivity contribution in [3.8, 4) is 0 Å². The molecule has 1 aromatic rings. The summed E-state index contributed by atoms with van der Waals surface area (Å²) in [6.07, 6.45) is 7.70. The van der Waals surface area contributed by atoms with Crippen LogP contribution in [0.3, 0.4) is 0 Å². The molecule has 1 amide bonds. The van der Waals surface area contributed by atoms with E-state index in [2.05, 4.69) is 17.6 Å². The summed E-state index contributed by atoms with van der Waals surface area (Å²) in [5.74, 6) is -0.680. The Balaban J connectivity index is 1.82. The van der Waals surface area contributed by atoms with Gasteiger partial charge in [-0.05, 0) is 31.4 Å². The summed E-state index contributed by atoms with van der Waals surface area (Å²) in [6, 6.07) is 7.47. The van der Waals surface area contributed by atoms with Gasteiger partial charge >= 0.3 is 5.97 Å². The number of anilines is 1. The molecule has 132 valence electrons. The fraction of sp³-hybridized carbons (Fsp3) is 0.579. The Morgan fingerprint density at radius 3 is 2.67 bits per heavy atom. The van der Waals surface area contributed by atoms with Gasteiger partial charge in [0.15, 0.2) is 6.61 Å². The Morgan fingerprint density at radius 2 is 1.92 bits per heavy atom. The first kappa shape index (κ1) is 18.3. The van der Waals surface area contributed by atoms with Crippen molar-refractivity contribution >= 4 is 17.6 Å². The Hall–Kier alpha value is -2.04. The number of amides is 1. The van der Waals surface area contributed by atoms with Gasteiger partial charge < -0.3 is 15.4 Å². The van der Waals surface area contributed by atoms with Gasteiger partial charge in [0, 0.05) is 18.3 Å². The second kappa shape index (κ2) is 9.96. The smallest absolute Gasteiger partial charge is 0.340 e. The van der Waals surface area contributed by atoms with E-state index in [1.165, 1.54) is 6.42 Å². The van der Waals surface area contributed by atoms with Crippen LogP contribution in [0.4, 0.5) is 5.69 Å². The van der Waals surface area contributed by atoms with E-state index in [4.69, 9.17) is 4.74 Å². The van der Waals surface area contributed by atoms with Crippen molar-refractivity contribution in [2.45, 2.75) is 57.9 Å². The lowest BCUT2D eigenvalue weighted by molar-refractivity contribution is -0.125. The molecule has 0 aliphatic heterocycles. The lowest BCUT2D eigenvalue weighted by Gasteiger charge is -2.22. The van der Waals surface area contributed by atoms with Gasteiger partial charge in [0.05, 0.1) is 5.56 Å². The summed E-state index contributed by atoms with van der Waals surface area (Å²) < 4.78 is 5.19. The molecule has 0 radical (unpaired) electrons. The van der Waals surface area contributed by atoms with E-state index in [0.29, 0.717) is 5.56 Å². The van der Waals surface area contributed by atoms with Crippen molar-refractivity contribution in [2.24, 2.45) is 0 Å². The van der Waals surface area contributed by atoms with Gasteiger partial charge in [0.2, 0.25) is 0 Å².